The lowest BCUT2D eigenvalue weighted by Gasteiger charge is -2.18. The van der Waals surface area contributed by atoms with Crippen molar-refractivity contribution in [3.8, 4) is 40.2 Å². The zero-order valence-electron chi connectivity index (χ0n) is 31.8. The number of methoxy groups -OCH3 is 3. The number of hydrogen-bond acceptors (Lipinski definition) is 17. The van der Waals surface area contributed by atoms with Crippen LogP contribution in [-0.4, -0.2) is 150 Å². The molecule has 0 aliphatic carbocycles. The van der Waals surface area contributed by atoms with Gasteiger partial charge < -0.3 is 65.7 Å². The summed E-state index contributed by atoms with van der Waals surface area (Å²) in [7, 11) is 4.85. The van der Waals surface area contributed by atoms with Gasteiger partial charge in [-0.15, -0.1) is 10.2 Å². The van der Waals surface area contributed by atoms with E-state index in [4.69, 9.17) is 65.7 Å². The standard InChI is InChI=1S/C38H52N2O15/c1-42-8-11-45-14-17-48-20-23-51-33-27-30(36-39-40-37(55-36)31-26-29-6-4-5-7-32(29)54-38(31)41)28-34(52-24-21-49-18-15-46-12-9-43-2)35(33)53-25-22-50-19-16-47-13-10-44-3/h4-7,26-28H,8-25H2,1-3H3. The Hall–Kier alpha value is -4.17. The molecule has 0 radical (unpaired) electrons. The van der Waals surface area contributed by atoms with Crippen molar-refractivity contribution in [3.63, 3.8) is 0 Å². The van der Waals surface area contributed by atoms with Gasteiger partial charge in [0.15, 0.2) is 11.5 Å². The van der Waals surface area contributed by atoms with Crippen LogP contribution in [0.25, 0.3) is 33.9 Å². The molecule has 0 bridgehead atoms. The van der Waals surface area contributed by atoms with Crippen molar-refractivity contribution in [3.05, 3.63) is 52.9 Å². The highest BCUT2D eigenvalue weighted by Crippen LogP contribution is 2.42. The zero-order valence-corrected chi connectivity index (χ0v) is 31.8. The highest BCUT2D eigenvalue weighted by Gasteiger charge is 2.21. The summed E-state index contributed by atoms with van der Waals surface area (Å²) in [5.74, 6) is 1.07. The maximum atomic E-state index is 12.9. The summed E-state index contributed by atoms with van der Waals surface area (Å²) in [5, 5.41) is 9.10. The van der Waals surface area contributed by atoms with Crippen LogP contribution in [0.1, 0.15) is 0 Å². The monoisotopic (exact) mass is 776 g/mol. The van der Waals surface area contributed by atoms with E-state index in [1.165, 1.54) is 0 Å². The van der Waals surface area contributed by atoms with Crippen molar-refractivity contribution < 1.29 is 65.7 Å². The molecule has 0 aliphatic heterocycles. The van der Waals surface area contributed by atoms with Crippen LogP contribution in [0.15, 0.2) is 56.1 Å². The van der Waals surface area contributed by atoms with Gasteiger partial charge >= 0.3 is 5.63 Å². The first kappa shape index (κ1) is 43.6. The molecule has 0 saturated carbocycles. The molecule has 4 rings (SSSR count). The second-order valence-corrected chi connectivity index (χ2v) is 11.4. The SMILES string of the molecule is COCCOCCOCCOc1cc(-c2nnc(-c3cc4ccccc4oc3=O)o2)cc(OCCOCCOCCOC)c1OCCOCCOCCOC. The molecule has 2 aromatic heterocycles. The van der Waals surface area contributed by atoms with Gasteiger partial charge in [0.05, 0.1) is 99.1 Å². The van der Waals surface area contributed by atoms with Crippen LogP contribution in [-0.2, 0) is 42.6 Å². The summed E-state index contributed by atoms with van der Waals surface area (Å²) in [6.07, 6.45) is 0. The van der Waals surface area contributed by atoms with Gasteiger partial charge in [-0.1, -0.05) is 18.2 Å². The summed E-state index contributed by atoms with van der Waals surface area (Å²) in [5.41, 5.74) is 0.413. The number of hydrogen-bond donors (Lipinski definition) is 0. The molecular weight excluding hydrogens is 724 g/mol. The zero-order chi connectivity index (χ0) is 38.8. The second-order valence-electron chi connectivity index (χ2n) is 11.4. The first-order chi connectivity index (χ1) is 27.1. The van der Waals surface area contributed by atoms with E-state index in [0.717, 1.165) is 0 Å². The van der Waals surface area contributed by atoms with E-state index in [1.807, 2.05) is 12.1 Å². The average Bonchev–Trinajstić information content (AvgIpc) is 3.69. The molecule has 0 aliphatic rings. The van der Waals surface area contributed by atoms with E-state index >= 15 is 0 Å². The van der Waals surface area contributed by atoms with Crippen LogP contribution in [0, 0.1) is 0 Å². The molecule has 0 spiro atoms. The van der Waals surface area contributed by atoms with Gasteiger partial charge in [0.25, 0.3) is 5.89 Å². The van der Waals surface area contributed by atoms with Crippen molar-refractivity contribution >= 4 is 11.0 Å². The number of fused-ring (bicyclic) bond motifs is 1. The fraction of sp³-hybridized carbons (Fsp3) is 0.553. The van der Waals surface area contributed by atoms with Crippen LogP contribution in [0.2, 0.25) is 0 Å². The summed E-state index contributed by atoms with van der Waals surface area (Å²) >= 11 is 0. The van der Waals surface area contributed by atoms with Gasteiger partial charge in [-0.25, -0.2) is 4.79 Å². The van der Waals surface area contributed by atoms with Crippen LogP contribution in [0.5, 0.6) is 17.2 Å². The van der Waals surface area contributed by atoms with Crippen molar-refractivity contribution in [2.75, 3.05) is 140 Å². The third-order valence-electron chi connectivity index (χ3n) is 7.42. The van der Waals surface area contributed by atoms with E-state index < -0.39 is 5.63 Å². The Morgan fingerprint density at radius 2 is 0.927 bits per heavy atom. The largest absolute Gasteiger partial charge is 0.487 e. The molecule has 0 fully saturated rings. The maximum absolute atomic E-state index is 12.9. The molecule has 17 nitrogen and oxygen atoms in total. The number of nitrogens with zero attached hydrogens (tertiary/aromatic N) is 2. The number of ether oxygens (including phenoxy) is 12. The molecule has 4 aromatic rings. The molecular formula is C38H52N2O15. The topological polar surface area (TPSA) is 180 Å². The lowest BCUT2D eigenvalue weighted by Crippen LogP contribution is -2.15. The lowest BCUT2D eigenvalue weighted by atomic mass is 10.1. The van der Waals surface area contributed by atoms with Crippen molar-refractivity contribution in [1.82, 2.24) is 10.2 Å². The fourth-order valence-electron chi connectivity index (χ4n) is 4.73. The first-order valence-corrected chi connectivity index (χ1v) is 18.0. The number of para-hydroxylation sites is 1. The number of benzene rings is 2. The quantitative estimate of drug-likeness (QED) is 0.0517. The molecule has 55 heavy (non-hydrogen) atoms. The lowest BCUT2D eigenvalue weighted by molar-refractivity contribution is 0.0146. The fourth-order valence-corrected chi connectivity index (χ4v) is 4.73. The number of aromatic nitrogens is 2. The molecule has 0 N–H and O–H groups in total. The minimum Gasteiger partial charge on any atom is -0.487 e. The van der Waals surface area contributed by atoms with Crippen molar-refractivity contribution in [2.24, 2.45) is 0 Å². The minimum atomic E-state index is -0.609. The van der Waals surface area contributed by atoms with Crippen LogP contribution < -0.4 is 19.8 Å². The van der Waals surface area contributed by atoms with Crippen molar-refractivity contribution in [2.45, 2.75) is 0 Å². The molecule has 0 saturated heterocycles. The first-order valence-electron chi connectivity index (χ1n) is 18.0. The Morgan fingerprint density at radius 3 is 1.44 bits per heavy atom. The summed E-state index contributed by atoms with van der Waals surface area (Å²) in [4.78, 5) is 12.9. The summed E-state index contributed by atoms with van der Waals surface area (Å²) in [6.45, 7) is 6.68. The second kappa shape index (κ2) is 26.6. The molecule has 2 aromatic carbocycles. The normalized spacial score (nSPS) is 11.4. The molecule has 0 amide bonds. The van der Waals surface area contributed by atoms with E-state index in [9.17, 15) is 4.79 Å². The van der Waals surface area contributed by atoms with Gasteiger partial charge in [-0.3, -0.25) is 0 Å². The third-order valence-corrected chi connectivity index (χ3v) is 7.42. The third kappa shape index (κ3) is 15.8. The van der Waals surface area contributed by atoms with Crippen molar-refractivity contribution in [1.29, 1.82) is 0 Å². The van der Waals surface area contributed by atoms with E-state index in [-0.39, 0.29) is 57.0 Å². The Bertz CT molecular complexity index is 1640. The van der Waals surface area contributed by atoms with Crippen LogP contribution >= 0.6 is 0 Å². The van der Waals surface area contributed by atoms with Crippen LogP contribution in [0.4, 0.5) is 0 Å². The predicted molar refractivity (Wildman–Crippen MR) is 198 cm³/mol. The Balaban J connectivity index is 1.51. The highest BCUT2D eigenvalue weighted by molar-refractivity contribution is 5.80. The predicted octanol–water partition coefficient (Wildman–Crippen LogP) is 3.69. The van der Waals surface area contributed by atoms with Gasteiger partial charge in [0.1, 0.15) is 31.0 Å². The summed E-state index contributed by atoms with van der Waals surface area (Å²) in [6, 6.07) is 12.2. The maximum Gasteiger partial charge on any atom is 0.349 e. The van der Waals surface area contributed by atoms with Gasteiger partial charge in [-0.05, 0) is 24.3 Å². The van der Waals surface area contributed by atoms with Gasteiger partial charge in [0.2, 0.25) is 11.6 Å². The van der Waals surface area contributed by atoms with E-state index in [1.54, 1.807) is 51.7 Å². The van der Waals surface area contributed by atoms with E-state index in [0.29, 0.717) is 113 Å². The smallest absolute Gasteiger partial charge is 0.349 e. The Labute approximate surface area is 319 Å². The molecule has 2 heterocycles. The van der Waals surface area contributed by atoms with Gasteiger partial charge in [-0.2, -0.15) is 0 Å². The minimum absolute atomic E-state index is 0.00893. The molecule has 304 valence electrons. The van der Waals surface area contributed by atoms with Crippen LogP contribution in [0.3, 0.4) is 0 Å². The van der Waals surface area contributed by atoms with E-state index in [2.05, 4.69) is 10.2 Å². The Kier molecular flexibility index (Phi) is 21.1. The Morgan fingerprint density at radius 1 is 0.491 bits per heavy atom. The molecule has 17 heteroatoms. The number of rotatable bonds is 32. The average molecular weight is 777 g/mol. The van der Waals surface area contributed by atoms with Gasteiger partial charge in [0, 0.05) is 32.3 Å². The highest BCUT2D eigenvalue weighted by atomic mass is 16.6. The summed E-state index contributed by atoms with van der Waals surface area (Å²) < 4.78 is 78.5. The molecule has 0 unspecified atom stereocenters. The molecule has 0 atom stereocenters.